The Labute approximate surface area is 101 Å². The first-order valence-corrected chi connectivity index (χ1v) is 6.44. The number of aliphatic hydroxyl groups is 1. The SMILES string of the molecule is CC(C)CC(N)C(CO)Sc1ccncc1. The minimum Gasteiger partial charge on any atom is -0.395 e. The fraction of sp³-hybridized carbons (Fsp3) is 0.583. The maximum Gasteiger partial charge on any atom is 0.0568 e. The van der Waals surface area contributed by atoms with Crippen LogP contribution in [0.25, 0.3) is 0 Å². The number of aliphatic hydroxyl groups excluding tert-OH is 1. The maximum atomic E-state index is 9.35. The molecule has 0 aliphatic heterocycles. The average molecular weight is 240 g/mol. The first-order chi connectivity index (χ1) is 7.63. The highest BCUT2D eigenvalue weighted by molar-refractivity contribution is 8.00. The first-order valence-electron chi connectivity index (χ1n) is 5.56. The van der Waals surface area contributed by atoms with Gasteiger partial charge in [-0.25, -0.2) is 0 Å². The van der Waals surface area contributed by atoms with E-state index in [1.165, 1.54) is 0 Å². The highest BCUT2D eigenvalue weighted by Crippen LogP contribution is 2.25. The molecule has 0 aliphatic rings. The Bertz CT molecular complexity index is 292. The number of pyridine rings is 1. The number of thioether (sulfide) groups is 1. The van der Waals surface area contributed by atoms with E-state index >= 15 is 0 Å². The second kappa shape index (κ2) is 6.89. The minimum atomic E-state index is 0.0307. The van der Waals surface area contributed by atoms with Crippen LogP contribution in [0.15, 0.2) is 29.4 Å². The predicted octanol–water partition coefficient (Wildman–Crippen LogP) is 1.91. The highest BCUT2D eigenvalue weighted by atomic mass is 32.2. The Balaban J connectivity index is 2.55. The van der Waals surface area contributed by atoms with Gasteiger partial charge in [0.1, 0.15) is 0 Å². The predicted molar refractivity (Wildman–Crippen MR) is 68.4 cm³/mol. The molecule has 0 amide bonds. The van der Waals surface area contributed by atoms with Gasteiger partial charge in [0.2, 0.25) is 0 Å². The van der Waals surface area contributed by atoms with E-state index in [4.69, 9.17) is 5.73 Å². The summed E-state index contributed by atoms with van der Waals surface area (Å²) in [5.74, 6) is 0.557. The van der Waals surface area contributed by atoms with Gasteiger partial charge in [-0.1, -0.05) is 13.8 Å². The van der Waals surface area contributed by atoms with Crippen molar-refractivity contribution in [1.82, 2.24) is 4.98 Å². The van der Waals surface area contributed by atoms with Gasteiger partial charge in [0, 0.05) is 28.6 Å². The third kappa shape index (κ3) is 4.51. The lowest BCUT2D eigenvalue weighted by atomic mass is 10.0. The molecule has 2 atom stereocenters. The summed E-state index contributed by atoms with van der Waals surface area (Å²) < 4.78 is 0. The molecule has 1 heterocycles. The summed E-state index contributed by atoms with van der Waals surface area (Å²) in [5, 5.41) is 9.41. The fourth-order valence-electron chi connectivity index (χ4n) is 1.55. The van der Waals surface area contributed by atoms with Gasteiger partial charge in [-0.05, 0) is 24.5 Å². The molecule has 0 spiro atoms. The topological polar surface area (TPSA) is 59.1 Å². The van der Waals surface area contributed by atoms with Crippen molar-refractivity contribution in [3.8, 4) is 0 Å². The van der Waals surface area contributed by atoms with E-state index in [-0.39, 0.29) is 17.9 Å². The van der Waals surface area contributed by atoms with E-state index in [2.05, 4.69) is 18.8 Å². The van der Waals surface area contributed by atoms with Crippen molar-refractivity contribution in [2.45, 2.75) is 36.5 Å². The molecule has 3 nitrogen and oxygen atoms in total. The summed E-state index contributed by atoms with van der Waals surface area (Å²) in [6.45, 7) is 4.40. The molecule has 0 aromatic carbocycles. The van der Waals surface area contributed by atoms with Gasteiger partial charge in [-0.15, -0.1) is 11.8 Å². The van der Waals surface area contributed by atoms with Crippen LogP contribution < -0.4 is 5.73 Å². The molecule has 2 unspecified atom stereocenters. The molecule has 0 bridgehead atoms. The van der Waals surface area contributed by atoms with Crippen LogP contribution in [0.4, 0.5) is 0 Å². The smallest absolute Gasteiger partial charge is 0.0568 e. The zero-order chi connectivity index (χ0) is 12.0. The van der Waals surface area contributed by atoms with Crippen molar-refractivity contribution in [2.75, 3.05) is 6.61 Å². The molecular formula is C12H20N2OS. The second-order valence-corrected chi connectivity index (χ2v) is 5.63. The molecule has 0 radical (unpaired) electrons. The average Bonchev–Trinajstić information content (AvgIpc) is 2.26. The summed E-state index contributed by atoms with van der Waals surface area (Å²) in [6.07, 6.45) is 4.44. The maximum absolute atomic E-state index is 9.35. The summed E-state index contributed by atoms with van der Waals surface area (Å²) in [7, 11) is 0. The number of hydrogen-bond donors (Lipinski definition) is 2. The summed E-state index contributed by atoms with van der Waals surface area (Å²) in [4.78, 5) is 5.07. The third-order valence-corrected chi connectivity index (χ3v) is 3.68. The van der Waals surface area contributed by atoms with E-state index in [1.54, 1.807) is 24.2 Å². The number of nitrogens with zero attached hydrogens (tertiary/aromatic N) is 1. The Morgan fingerprint density at radius 2 is 2.00 bits per heavy atom. The van der Waals surface area contributed by atoms with Crippen LogP contribution >= 0.6 is 11.8 Å². The summed E-state index contributed by atoms with van der Waals surface area (Å²) >= 11 is 1.62. The van der Waals surface area contributed by atoms with Crippen LogP contribution in [0.1, 0.15) is 20.3 Å². The van der Waals surface area contributed by atoms with Gasteiger partial charge in [-0.3, -0.25) is 4.98 Å². The van der Waals surface area contributed by atoms with E-state index < -0.39 is 0 Å². The second-order valence-electron chi connectivity index (χ2n) is 4.32. The molecule has 1 aromatic rings. The van der Waals surface area contributed by atoms with E-state index in [0.29, 0.717) is 5.92 Å². The van der Waals surface area contributed by atoms with Gasteiger partial charge >= 0.3 is 0 Å². The Hall–Kier alpha value is -0.580. The number of nitrogens with two attached hydrogens (primary N) is 1. The molecule has 3 N–H and O–H groups in total. The van der Waals surface area contributed by atoms with Crippen LogP contribution in [0, 0.1) is 5.92 Å². The van der Waals surface area contributed by atoms with Crippen molar-refractivity contribution < 1.29 is 5.11 Å². The molecule has 0 saturated heterocycles. The normalized spacial score (nSPS) is 15.1. The van der Waals surface area contributed by atoms with Crippen molar-refractivity contribution in [2.24, 2.45) is 11.7 Å². The van der Waals surface area contributed by atoms with Crippen LogP contribution in [0.5, 0.6) is 0 Å². The van der Waals surface area contributed by atoms with Crippen molar-refractivity contribution in [3.05, 3.63) is 24.5 Å². The van der Waals surface area contributed by atoms with Crippen LogP contribution in [0.2, 0.25) is 0 Å². The van der Waals surface area contributed by atoms with Crippen molar-refractivity contribution in [3.63, 3.8) is 0 Å². The molecule has 0 fully saturated rings. The zero-order valence-electron chi connectivity index (χ0n) is 9.84. The first kappa shape index (κ1) is 13.5. The third-order valence-electron chi connectivity index (χ3n) is 2.34. The monoisotopic (exact) mass is 240 g/mol. The lowest BCUT2D eigenvalue weighted by Gasteiger charge is -2.22. The fourth-order valence-corrected chi connectivity index (χ4v) is 2.54. The van der Waals surface area contributed by atoms with Gasteiger partial charge in [0.15, 0.2) is 0 Å². The molecule has 0 saturated carbocycles. The lowest BCUT2D eigenvalue weighted by molar-refractivity contribution is 0.275. The van der Waals surface area contributed by atoms with Crippen molar-refractivity contribution in [1.29, 1.82) is 0 Å². The van der Waals surface area contributed by atoms with Crippen LogP contribution in [-0.2, 0) is 0 Å². The molecule has 0 aliphatic carbocycles. The van der Waals surface area contributed by atoms with Gasteiger partial charge in [0.25, 0.3) is 0 Å². The largest absolute Gasteiger partial charge is 0.395 e. The highest BCUT2D eigenvalue weighted by Gasteiger charge is 2.19. The van der Waals surface area contributed by atoms with Crippen LogP contribution in [0.3, 0.4) is 0 Å². The minimum absolute atomic E-state index is 0.0307. The van der Waals surface area contributed by atoms with E-state index in [0.717, 1.165) is 11.3 Å². The number of rotatable bonds is 6. The molecule has 16 heavy (non-hydrogen) atoms. The zero-order valence-corrected chi connectivity index (χ0v) is 10.7. The van der Waals surface area contributed by atoms with Gasteiger partial charge in [0.05, 0.1) is 6.61 Å². The summed E-state index contributed by atoms with van der Waals surface area (Å²) in [6, 6.07) is 3.91. The quantitative estimate of drug-likeness (QED) is 0.746. The Morgan fingerprint density at radius 1 is 1.38 bits per heavy atom. The van der Waals surface area contributed by atoms with Gasteiger partial charge < -0.3 is 10.8 Å². The molecule has 4 heteroatoms. The molecule has 1 rings (SSSR count). The Morgan fingerprint density at radius 3 is 2.50 bits per heavy atom. The van der Waals surface area contributed by atoms with Crippen molar-refractivity contribution >= 4 is 11.8 Å². The number of hydrogen-bond acceptors (Lipinski definition) is 4. The number of aromatic nitrogens is 1. The Kier molecular flexibility index (Phi) is 5.80. The lowest BCUT2D eigenvalue weighted by Crippen LogP contribution is -2.36. The van der Waals surface area contributed by atoms with E-state index in [1.807, 2.05) is 12.1 Å². The van der Waals surface area contributed by atoms with Crippen LogP contribution in [-0.4, -0.2) is 28.0 Å². The molecule has 90 valence electrons. The molecular weight excluding hydrogens is 220 g/mol. The molecule has 1 aromatic heterocycles. The van der Waals surface area contributed by atoms with E-state index in [9.17, 15) is 5.11 Å². The standard InChI is InChI=1S/C12H20N2OS/c1-9(2)7-11(13)12(8-15)16-10-3-5-14-6-4-10/h3-6,9,11-12,15H,7-8,13H2,1-2H3. The summed E-state index contributed by atoms with van der Waals surface area (Å²) in [5.41, 5.74) is 6.08. The van der Waals surface area contributed by atoms with Gasteiger partial charge in [-0.2, -0.15) is 0 Å².